The van der Waals surface area contributed by atoms with E-state index in [4.69, 9.17) is 5.84 Å². The number of nitrogens with zero attached hydrogens (tertiary/aromatic N) is 2. The summed E-state index contributed by atoms with van der Waals surface area (Å²) < 4.78 is 0. The van der Waals surface area contributed by atoms with Gasteiger partial charge in [-0.3, -0.25) is 16.0 Å². The summed E-state index contributed by atoms with van der Waals surface area (Å²) in [5.74, 6) is 6.20. The van der Waals surface area contributed by atoms with Gasteiger partial charge in [0.1, 0.15) is 5.69 Å². The minimum absolute atomic E-state index is 0.0230. The smallest absolute Gasteiger partial charge is 0.293 e. The van der Waals surface area contributed by atoms with Crippen LogP contribution in [0.25, 0.3) is 0 Å². The molecule has 0 atom stereocenters. The zero-order valence-electron chi connectivity index (χ0n) is 10.4. The van der Waals surface area contributed by atoms with Gasteiger partial charge in [-0.1, -0.05) is 12.1 Å². The second-order valence-electron chi connectivity index (χ2n) is 4.85. The molecule has 0 aromatic heterocycles. The maximum absolute atomic E-state index is 10.9. The van der Waals surface area contributed by atoms with Crippen LogP contribution < -0.4 is 11.3 Å². The van der Waals surface area contributed by atoms with Gasteiger partial charge in [0, 0.05) is 19.2 Å². The van der Waals surface area contributed by atoms with Crippen LogP contribution in [0.15, 0.2) is 18.2 Å². The van der Waals surface area contributed by atoms with Gasteiger partial charge in [0.15, 0.2) is 0 Å². The van der Waals surface area contributed by atoms with Gasteiger partial charge in [0.2, 0.25) is 0 Å². The normalized spacial score (nSPS) is 14.8. The minimum Gasteiger partial charge on any atom is -0.318 e. The summed E-state index contributed by atoms with van der Waals surface area (Å²) in [6.45, 7) is 1.70. The van der Waals surface area contributed by atoms with Crippen molar-refractivity contribution in [3.05, 3.63) is 33.9 Å². The van der Waals surface area contributed by atoms with Crippen molar-refractivity contribution in [1.29, 1.82) is 0 Å². The summed E-state index contributed by atoms with van der Waals surface area (Å²) in [5.41, 5.74) is 3.74. The fourth-order valence-electron chi connectivity index (χ4n) is 2.13. The summed E-state index contributed by atoms with van der Waals surface area (Å²) in [7, 11) is 2.03. The molecule has 6 heteroatoms. The van der Waals surface area contributed by atoms with E-state index in [1.807, 2.05) is 13.1 Å². The van der Waals surface area contributed by atoms with Crippen molar-refractivity contribution in [3.8, 4) is 0 Å². The number of benzene rings is 1. The number of nitrogens with two attached hydrogens (primary N) is 1. The van der Waals surface area contributed by atoms with Gasteiger partial charge in [0.25, 0.3) is 5.69 Å². The molecule has 1 aliphatic carbocycles. The molecule has 1 saturated carbocycles. The van der Waals surface area contributed by atoms with Crippen LogP contribution in [0, 0.1) is 16.0 Å². The summed E-state index contributed by atoms with van der Waals surface area (Å²) in [6, 6.07) is 5.02. The summed E-state index contributed by atoms with van der Waals surface area (Å²) in [4.78, 5) is 12.7. The lowest BCUT2D eigenvalue weighted by molar-refractivity contribution is -0.384. The van der Waals surface area contributed by atoms with Crippen molar-refractivity contribution >= 4 is 11.4 Å². The fraction of sp³-hybridized carbons (Fsp3) is 0.500. The molecule has 1 aromatic carbocycles. The first-order valence-corrected chi connectivity index (χ1v) is 6.03. The van der Waals surface area contributed by atoms with Gasteiger partial charge in [-0.25, -0.2) is 0 Å². The Kier molecular flexibility index (Phi) is 3.78. The zero-order chi connectivity index (χ0) is 13.1. The molecule has 0 unspecified atom stereocenters. The van der Waals surface area contributed by atoms with Crippen LogP contribution in [0.4, 0.5) is 11.4 Å². The third kappa shape index (κ3) is 2.96. The van der Waals surface area contributed by atoms with E-state index in [1.165, 1.54) is 18.9 Å². The van der Waals surface area contributed by atoms with Crippen molar-refractivity contribution < 1.29 is 4.92 Å². The molecule has 0 radical (unpaired) electrons. The number of rotatable bonds is 6. The number of hydrogen-bond acceptors (Lipinski definition) is 5. The van der Waals surface area contributed by atoms with Gasteiger partial charge in [0.05, 0.1) is 4.92 Å². The van der Waals surface area contributed by atoms with Crippen molar-refractivity contribution in [2.45, 2.75) is 19.4 Å². The van der Waals surface area contributed by atoms with E-state index in [2.05, 4.69) is 10.3 Å². The van der Waals surface area contributed by atoms with E-state index in [-0.39, 0.29) is 5.69 Å². The second kappa shape index (κ2) is 5.32. The lowest BCUT2D eigenvalue weighted by atomic mass is 10.1. The molecule has 6 nitrogen and oxygen atoms in total. The van der Waals surface area contributed by atoms with E-state index in [0.717, 1.165) is 18.0 Å². The molecule has 1 aliphatic rings. The Balaban J connectivity index is 2.15. The highest BCUT2D eigenvalue weighted by molar-refractivity contribution is 5.65. The van der Waals surface area contributed by atoms with Crippen LogP contribution in [0.2, 0.25) is 0 Å². The van der Waals surface area contributed by atoms with Crippen molar-refractivity contribution in [1.82, 2.24) is 4.90 Å². The number of nitro groups is 1. The van der Waals surface area contributed by atoms with E-state index < -0.39 is 4.92 Å². The summed E-state index contributed by atoms with van der Waals surface area (Å²) in [5, 5.41) is 10.9. The van der Waals surface area contributed by atoms with Crippen LogP contribution in [-0.4, -0.2) is 23.4 Å². The standard InChI is InChI=1S/C12H18N4O2/c1-15(7-9-5-6-9)8-10-3-2-4-11(16(17)18)12(10)14-13/h2-4,9,14H,5-8,13H2,1H3. The molecule has 0 saturated heterocycles. The van der Waals surface area contributed by atoms with Gasteiger partial charge in [-0.15, -0.1) is 0 Å². The lowest BCUT2D eigenvalue weighted by Gasteiger charge is -2.18. The quantitative estimate of drug-likeness (QED) is 0.456. The van der Waals surface area contributed by atoms with Crippen LogP contribution in [0.3, 0.4) is 0 Å². The molecule has 0 aliphatic heterocycles. The molecule has 98 valence electrons. The van der Waals surface area contributed by atoms with Crippen LogP contribution in [0.1, 0.15) is 18.4 Å². The average molecular weight is 250 g/mol. The molecule has 18 heavy (non-hydrogen) atoms. The van der Waals surface area contributed by atoms with Gasteiger partial charge in [-0.2, -0.15) is 0 Å². The molecule has 1 fully saturated rings. The van der Waals surface area contributed by atoms with E-state index in [0.29, 0.717) is 12.2 Å². The number of para-hydroxylation sites is 1. The molecule has 0 bridgehead atoms. The number of nitrogen functional groups attached to an aromatic ring is 1. The van der Waals surface area contributed by atoms with Crippen molar-refractivity contribution in [3.63, 3.8) is 0 Å². The predicted octanol–water partition coefficient (Wildman–Crippen LogP) is 1.72. The predicted molar refractivity (Wildman–Crippen MR) is 70.0 cm³/mol. The Morgan fingerprint density at radius 2 is 2.28 bits per heavy atom. The number of nitrogens with one attached hydrogen (secondary N) is 1. The Bertz CT molecular complexity index is 446. The van der Waals surface area contributed by atoms with Crippen molar-refractivity contribution in [2.75, 3.05) is 19.0 Å². The summed E-state index contributed by atoms with van der Waals surface area (Å²) in [6.07, 6.45) is 2.59. The largest absolute Gasteiger partial charge is 0.318 e. The molecule has 0 amide bonds. The number of nitro benzene ring substituents is 1. The first-order valence-electron chi connectivity index (χ1n) is 6.03. The first kappa shape index (κ1) is 12.8. The van der Waals surface area contributed by atoms with Crippen LogP contribution in [0.5, 0.6) is 0 Å². The van der Waals surface area contributed by atoms with Crippen molar-refractivity contribution in [2.24, 2.45) is 11.8 Å². The SMILES string of the molecule is CN(Cc1cccc([N+](=O)[O-])c1NN)CC1CC1. The van der Waals surface area contributed by atoms with E-state index in [9.17, 15) is 10.1 Å². The van der Waals surface area contributed by atoms with Crippen LogP contribution >= 0.6 is 0 Å². The Morgan fingerprint density at radius 3 is 2.83 bits per heavy atom. The Morgan fingerprint density at radius 1 is 1.56 bits per heavy atom. The third-order valence-electron chi connectivity index (χ3n) is 3.18. The lowest BCUT2D eigenvalue weighted by Crippen LogP contribution is -2.22. The Hall–Kier alpha value is -1.66. The van der Waals surface area contributed by atoms with Gasteiger partial charge >= 0.3 is 0 Å². The Labute approximate surface area is 106 Å². The highest BCUT2D eigenvalue weighted by Gasteiger charge is 2.24. The molecule has 0 spiro atoms. The molecule has 2 rings (SSSR count). The highest BCUT2D eigenvalue weighted by Crippen LogP contribution is 2.31. The minimum atomic E-state index is -0.417. The molecular formula is C12H18N4O2. The molecule has 1 aromatic rings. The number of hydrogen-bond donors (Lipinski definition) is 2. The fourth-order valence-corrected chi connectivity index (χ4v) is 2.13. The van der Waals surface area contributed by atoms with Gasteiger partial charge < -0.3 is 10.3 Å². The van der Waals surface area contributed by atoms with E-state index >= 15 is 0 Å². The third-order valence-corrected chi connectivity index (χ3v) is 3.18. The second-order valence-corrected chi connectivity index (χ2v) is 4.85. The maximum Gasteiger partial charge on any atom is 0.293 e. The van der Waals surface area contributed by atoms with E-state index in [1.54, 1.807) is 6.07 Å². The number of anilines is 1. The maximum atomic E-state index is 10.9. The highest BCUT2D eigenvalue weighted by atomic mass is 16.6. The topological polar surface area (TPSA) is 84.4 Å². The molecule has 3 N–H and O–H groups in total. The molecular weight excluding hydrogens is 232 g/mol. The summed E-state index contributed by atoms with van der Waals surface area (Å²) >= 11 is 0. The van der Waals surface area contributed by atoms with Gasteiger partial charge in [-0.05, 0) is 31.4 Å². The molecule has 0 heterocycles. The zero-order valence-corrected chi connectivity index (χ0v) is 10.4. The van der Waals surface area contributed by atoms with Crippen LogP contribution in [-0.2, 0) is 6.54 Å². The number of hydrazine groups is 1. The average Bonchev–Trinajstić information content (AvgIpc) is 3.12. The monoisotopic (exact) mass is 250 g/mol. The first-order chi connectivity index (χ1) is 8.61.